The van der Waals surface area contributed by atoms with E-state index in [0.717, 1.165) is 6.07 Å². The first-order chi connectivity index (χ1) is 8.11. The predicted molar refractivity (Wildman–Crippen MR) is 61.0 cm³/mol. The van der Waals surface area contributed by atoms with E-state index >= 15 is 0 Å². The number of nitrogens with zero attached hydrogens (tertiary/aromatic N) is 2. The van der Waals surface area contributed by atoms with Crippen molar-refractivity contribution in [1.29, 1.82) is 0 Å². The smallest absolute Gasteiger partial charge is 0.860 e. The third-order valence-electron chi connectivity index (χ3n) is 2.13. The van der Waals surface area contributed by atoms with Gasteiger partial charge in [0.05, 0.1) is 0 Å². The van der Waals surface area contributed by atoms with E-state index in [4.69, 9.17) is 0 Å². The first-order valence-corrected chi connectivity index (χ1v) is 5.95. The van der Waals surface area contributed by atoms with Gasteiger partial charge in [0, 0.05) is 11.8 Å². The maximum atomic E-state index is 12.8. The molecule has 18 heavy (non-hydrogen) atoms. The van der Waals surface area contributed by atoms with E-state index in [9.17, 15) is 14.3 Å². The summed E-state index contributed by atoms with van der Waals surface area (Å²) in [7, 11) is 0. The molecule has 88 valence electrons. The van der Waals surface area contributed by atoms with Gasteiger partial charge in [0.15, 0.2) is 5.16 Å². The van der Waals surface area contributed by atoms with Crippen LogP contribution in [0.25, 0.3) is 5.69 Å². The Balaban J connectivity index is 0.00000162. The summed E-state index contributed by atoms with van der Waals surface area (Å²) in [6.07, 6.45) is 1.71. The maximum Gasteiger partial charge on any atom is 1.00 e. The van der Waals surface area contributed by atoms with Crippen LogP contribution in [-0.4, -0.2) is 15.8 Å². The van der Waals surface area contributed by atoms with Crippen molar-refractivity contribution in [2.24, 2.45) is 0 Å². The van der Waals surface area contributed by atoms with Crippen molar-refractivity contribution in [3.63, 3.8) is 0 Å². The molecule has 0 atom stereocenters. The van der Waals surface area contributed by atoms with Gasteiger partial charge in [-0.15, -0.1) is 0 Å². The standard InChI is InChI=1S/C11H9FN2O2S.K/c1-17-11-13-9(15)6-10(16)14(11)8-4-2-7(12)3-5-8;/h2-6,16H,1H3;/q;+1/p-1. The molecule has 1 aromatic heterocycles. The Morgan fingerprint density at radius 2 is 1.94 bits per heavy atom. The van der Waals surface area contributed by atoms with Crippen molar-refractivity contribution in [2.75, 3.05) is 6.26 Å². The van der Waals surface area contributed by atoms with Crippen LogP contribution in [0.3, 0.4) is 0 Å². The predicted octanol–water partition coefficient (Wildman–Crippen LogP) is -1.83. The maximum absolute atomic E-state index is 12.8. The largest absolute Gasteiger partial charge is 1.00 e. The molecule has 0 amide bonds. The normalized spacial score (nSPS) is 9.89. The van der Waals surface area contributed by atoms with Crippen molar-refractivity contribution in [3.8, 4) is 11.6 Å². The molecule has 1 aromatic carbocycles. The molecule has 0 aliphatic rings. The van der Waals surface area contributed by atoms with Crippen molar-refractivity contribution >= 4 is 11.8 Å². The summed E-state index contributed by atoms with van der Waals surface area (Å²) < 4.78 is 14.1. The summed E-state index contributed by atoms with van der Waals surface area (Å²) >= 11 is 1.18. The third-order valence-corrected chi connectivity index (χ3v) is 2.77. The molecule has 0 radical (unpaired) electrons. The Hall–Kier alpha value is -0.184. The molecule has 1 heterocycles. The van der Waals surface area contributed by atoms with Crippen LogP contribution in [-0.2, 0) is 0 Å². The second-order valence-electron chi connectivity index (χ2n) is 3.23. The molecule has 0 spiro atoms. The van der Waals surface area contributed by atoms with Crippen LogP contribution < -0.4 is 62.1 Å². The van der Waals surface area contributed by atoms with Crippen LogP contribution >= 0.6 is 11.8 Å². The van der Waals surface area contributed by atoms with Gasteiger partial charge >= 0.3 is 51.4 Å². The van der Waals surface area contributed by atoms with Gasteiger partial charge < -0.3 is 9.67 Å². The van der Waals surface area contributed by atoms with Crippen molar-refractivity contribution in [1.82, 2.24) is 9.55 Å². The van der Waals surface area contributed by atoms with Crippen LogP contribution in [0.5, 0.6) is 5.88 Å². The fraction of sp³-hybridized carbons (Fsp3) is 0.0909. The van der Waals surface area contributed by atoms with Gasteiger partial charge in [-0.3, -0.25) is 4.79 Å². The molecule has 0 N–H and O–H groups in total. The molecule has 7 heteroatoms. The van der Waals surface area contributed by atoms with Gasteiger partial charge in [0.25, 0.3) is 5.56 Å². The van der Waals surface area contributed by atoms with E-state index < -0.39 is 11.4 Å². The molecular weight excluding hydrogens is 282 g/mol. The SMILES string of the molecule is CSc1nc(=O)cc([O-])n1-c1ccc(F)cc1.[K+]. The number of hydrogen-bond acceptors (Lipinski definition) is 4. The quantitative estimate of drug-likeness (QED) is 0.371. The minimum Gasteiger partial charge on any atom is -0.860 e. The van der Waals surface area contributed by atoms with Gasteiger partial charge in [0.1, 0.15) is 5.82 Å². The fourth-order valence-corrected chi connectivity index (χ4v) is 1.96. The Kier molecular flexibility index (Phi) is 6.02. The van der Waals surface area contributed by atoms with E-state index in [2.05, 4.69) is 4.98 Å². The van der Waals surface area contributed by atoms with Crippen LogP contribution in [0.4, 0.5) is 4.39 Å². The Labute approximate surface area is 150 Å². The molecule has 0 saturated heterocycles. The Bertz CT molecular complexity index is 601. The number of aromatic nitrogens is 2. The van der Waals surface area contributed by atoms with Crippen LogP contribution in [0.15, 0.2) is 40.3 Å². The van der Waals surface area contributed by atoms with E-state index in [1.165, 1.54) is 40.6 Å². The van der Waals surface area contributed by atoms with Gasteiger partial charge in [-0.25, -0.2) is 4.39 Å². The minimum absolute atomic E-state index is 0. The third kappa shape index (κ3) is 3.43. The first-order valence-electron chi connectivity index (χ1n) is 4.73. The van der Waals surface area contributed by atoms with E-state index in [1.54, 1.807) is 6.26 Å². The second kappa shape index (κ2) is 6.83. The number of thioether (sulfide) groups is 1. The average molecular weight is 290 g/mol. The Morgan fingerprint density at radius 1 is 1.33 bits per heavy atom. The van der Waals surface area contributed by atoms with Crippen molar-refractivity contribution in [2.45, 2.75) is 5.16 Å². The molecular formula is C11H8FKN2O2S. The topological polar surface area (TPSA) is 57.9 Å². The molecule has 0 aliphatic heterocycles. The van der Waals surface area contributed by atoms with Gasteiger partial charge in [-0.1, -0.05) is 11.8 Å². The van der Waals surface area contributed by atoms with Crippen LogP contribution in [0, 0.1) is 5.82 Å². The summed E-state index contributed by atoms with van der Waals surface area (Å²) in [5.41, 5.74) is -0.0917. The average Bonchev–Trinajstić information content (AvgIpc) is 2.30. The number of hydrogen-bond donors (Lipinski definition) is 0. The number of rotatable bonds is 2. The molecule has 0 fully saturated rings. The summed E-state index contributed by atoms with van der Waals surface area (Å²) in [6, 6.07) is 6.32. The zero-order valence-corrected chi connectivity index (χ0v) is 13.8. The van der Waals surface area contributed by atoms with Gasteiger partial charge in [-0.05, 0) is 36.4 Å². The van der Waals surface area contributed by atoms with E-state index in [-0.39, 0.29) is 62.4 Å². The van der Waals surface area contributed by atoms with Gasteiger partial charge in [-0.2, -0.15) is 4.98 Å². The molecule has 0 bridgehead atoms. The molecule has 4 nitrogen and oxygen atoms in total. The summed E-state index contributed by atoms with van der Waals surface area (Å²) in [4.78, 5) is 14.8. The summed E-state index contributed by atoms with van der Waals surface area (Å²) in [6.45, 7) is 0. The second-order valence-corrected chi connectivity index (χ2v) is 4.00. The zero-order chi connectivity index (χ0) is 12.4. The molecule has 2 aromatic rings. The van der Waals surface area contributed by atoms with Crippen LogP contribution in [0.1, 0.15) is 0 Å². The number of halogens is 1. The van der Waals surface area contributed by atoms with E-state index in [1.807, 2.05) is 0 Å². The minimum atomic E-state index is -0.572. The van der Waals surface area contributed by atoms with Gasteiger partial charge in [0.2, 0.25) is 0 Å². The Morgan fingerprint density at radius 3 is 2.50 bits per heavy atom. The summed E-state index contributed by atoms with van der Waals surface area (Å²) in [5.74, 6) is -0.859. The monoisotopic (exact) mass is 290 g/mol. The molecule has 2 rings (SSSR count). The molecule has 0 unspecified atom stereocenters. The first kappa shape index (κ1) is 15.9. The summed E-state index contributed by atoms with van der Waals surface area (Å²) in [5, 5.41) is 12.0. The van der Waals surface area contributed by atoms with E-state index in [0.29, 0.717) is 5.69 Å². The fourth-order valence-electron chi connectivity index (χ4n) is 1.41. The number of benzene rings is 1. The zero-order valence-electron chi connectivity index (χ0n) is 9.88. The van der Waals surface area contributed by atoms with Crippen molar-refractivity contribution < 1.29 is 60.9 Å². The van der Waals surface area contributed by atoms with Crippen molar-refractivity contribution in [3.05, 3.63) is 46.5 Å². The molecule has 0 aliphatic carbocycles. The van der Waals surface area contributed by atoms with Crippen LogP contribution in [0.2, 0.25) is 0 Å². The molecule has 0 saturated carbocycles.